The predicted molar refractivity (Wildman–Crippen MR) is 102 cm³/mol. The van der Waals surface area contributed by atoms with Crippen LogP contribution in [0.1, 0.15) is 24.1 Å². The van der Waals surface area contributed by atoms with Gasteiger partial charge in [-0.2, -0.15) is 4.98 Å². The Morgan fingerprint density at radius 1 is 0.885 bits per heavy atom. The SMILES string of the molecule is c1ccc(CCc2ccc3oc(N4CCN5CCC4CC5)nc3n2)cc1. The molecule has 2 bridgehead atoms. The lowest BCUT2D eigenvalue weighted by Gasteiger charge is -2.30. The van der Waals surface area contributed by atoms with Crippen molar-refractivity contribution in [3.05, 3.63) is 53.7 Å². The van der Waals surface area contributed by atoms with Gasteiger partial charge >= 0.3 is 0 Å². The van der Waals surface area contributed by atoms with Crippen LogP contribution in [0.25, 0.3) is 11.2 Å². The minimum Gasteiger partial charge on any atom is -0.422 e. The molecule has 0 amide bonds. The van der Waals surface area contributed by atoms with Gasteiger partial charge in [-0.25, -0.2) is 4.98 Å². The van der Waals surface area contributed by atoms with Crippen LogP contribution >= 0.6 is 0 Å². The predicted octanol–water partition coefficient (Wildman–Crippen LogP) is 3.29. The van der Waals surface area contributed by atoms with Crippen LogP contribution < -0.4 is 4.90 Å². The third-order valence-electron chi connectivity index (χ3n) is 5.71. The minimum atomic E-state index is 0.555. The van der Waals surface area contributed by atoms with Gasteiger partial charge < -0.3 is 14.2 Å². The second-order valence-corrected chi connectivity index (χ2v) is 7.37. The summed E-state index contributed by atoms with van der Waals surface area (Å²) in [7, 11) is 0. The second-order valence-electron chi connectivity index (χ2n) is 7.37. The fraction of sp³-hybridized carbons (Fsp3) is 0.429. The van der Waals surface area contributed by atoms with E-state index in [2.05, 4.69) is 46.2 Å². The van der Waals surface area contributed by atoms with Gasteiger partial charge in [-0.15, -0.1) is 0 Å². The van der Waals surface area contributed by atoms with E-state index in [1.165, 1.54) is 31.5 Å². The molecule has 0 spiro atoms. The molecule has 0 aliphatic carbocycles. The van der Waals surface area contributed by atoms with Gasteiger partial charge in [0.2, 0.25) is 5.65 Å². The molecule has 2 aromatic heterocycles. The van der Waals surface area contributed by atoms with E-state index in [0.29, 0.717) is 6.04 Å². The molecule has 0 atom stereocenters. The minimum absolute atomic E-state index is 0.555. The average molecular weight is 348 g/mol. The molecule has 3 aliphatic rings. The maximum absolute atomic E-state index is 6.07. The second kappa shape index (κ2) is 6.72. The summed E-state index contributed by atoms with van der Waals surface area (Å²) in [4.78, 5) is 14.4. The Bertz CT molecular complexity index is 883. The van der Waals surface area contributed by atoms with Crippen LogP contribution in [0.4, 0.5) is 6.01 Å². The number of hydrogen-bond acceptors (Lipinski definition) is 5. The zero-order valence-electron chi connectivity index (χ0n) is 15.0. The van der Waals surface area contributed by atoms with Crippen LogP contribution in [-0.4, -0.2) is 47.1 Å². The van der Waals surface area contributed by atoms with E-state index in [1.807, 2.05) is 6.07 Å². The van der Waals surface area contributed by atoms with Crippen LogP contribution in [0.15, 0.2) is 46.9 Å². The molecule has 3 aromatic rings. The van der Waals surface area contributed by atoms with Gasteiger partial charge in [-0.05, 0) is 43.4 Å². The summed E-state index contributed by atoms with van der Waals surface area (Å²) >= 11 is 0. The summed E-state index contributed by atoms with van der Waals surface area (Å²) in [5.74, 6) is 0. The van der Waals surface area contributed by atoms with Crippen molar-refractivity contribution in [2.24, 2.45) is 0 Å². The molecule has 134 valence electrons. The number of rotatable bonds is 4. The highest BCUT2D eigenvalue weighted by Crippen LogP contribution is 2.28. The summed E-state index contributed by atoms with van der Waals surface area (Å²) in [6.07, 6.45) is 4.32. The number of oxazole rings is 1. The quantitative estimate of drug-likeness (QED) is 0.724. The molecule has 5 heteroatoms. The summed E-state index contributed by atoms with van der Waals surface area (Å²) in [5.41, 5.74) is 3.95. The molecule has 5 nitrogen and oxygen atoms in total. The van der Waals surface area contributed by atoms with Crippen LogP contribution in [0, 0.1) is 0 Å². The zero-order valence-corrected chi connectivity index (χ0v) is 15.0. The first-order chi connectivity index (χ1) is 12.8. The first kappa shape index (κ1) is 15.8. The first-order valence-corrected chi connectivity index (χ1v) is 9.64. The van der Waals surface area contributed by atoms with Crippen molar-refractivity contribution in [2.45, 2.75) is 31.7 Å². The number of piperidine rings is 1. The van der Waals surface area contributed by atoms with Gasteiger partial charge in [-0.1, -0.05) is 30.3 Å². The summed E-state index contributed by atoms with van der Waals surface area (Å²) in [6.45, 7) is 4.50. The maximum atomic E-state index is 6.07. The van der Waals surface area contributed by atoms with Gasteiger partial charge in [0.15, 0.2) is 5.58 Å². The van der Waals surface area contributed by atoms with Crippen LogP contribution in [0.5, 0.6) is 0 Å². The molecule has 3 saturated heterocycles. The van der Waals surface area contributed by atoms with Crippen molar-refractivity contribution in [1.29, 1.82) is 0 Å². The van der Waals surface area contributed by atoms with Crippen molar-refractivity contribution in [3.8, 4) is 0 Å². The monoisotopic (exact) mass is 348 g/mol. The summed E-state index contributed by atoms with van der Waals surface area (Å²) in [6, 6.07) is 16.0. The molecule has 3 fully saturated rings. The number of fused-ring (bicyclic) bond motifs is 5. The number of benzene rings is 1. The molecule has 26 heavy (non-hydrogen) atoms. The third-order valence-corrected chi connectivity index (χ3v) is 5.71. The van der Waals surface area contributed by atoms with E-state index in [0.717, 1.165) is 48.9 Å². The Morgan fingerprint density at radius 3 is 2.58 bits per heavy atom. The van der Waals surface area contributed by atoms with Crippen molar-refractivity contribution in [2.75, 3.05) is 31.1 Å². The van der Waals surface area contributed by atoms with Crippen LogP contribution in [0.3, 0.4) is 0 Å². The van der Waals surface area contributed by atoms with Crippen molar-refractivity contribution in [1.82, 2.24) is 14.9 Å². The lowest BCUT2D eigenvalue weighted by molar-refractivity contribution is 0.249. The maximum Gasteiger partial charge on any atom is 0.300 e. The van der Waals surface area contributed by atoms with E-state index in [1.54, 1.807) is 0 Å². The van der Waals surface area contributed by atoms with Crippen LogP contribution in [-0.2, 0) is 12.8 Å². The fourth-order valence-corrected chi connectivity index (χ4v) is 4.16. The van der Waals surface area contributed by atoms with Gasteiger partial charge in [-0.3, -0.25) is 0 Å². The van der Waals surface area contributed by atoms with E-state index in [9.17, 15) is 0 Å². The number of nitrogens with zero attached hydrogens (tertiary/aromatic N) is 4. The van der Waals surface area contributed by atoms with Gasteiger partial charge in [0.05, 0.1) is 0 Å². The lowest BCUT2D eigenvalue weighted by atomic mass is 10.1. The Labute approximate surface area is 153 Å². The highest BCUT2D eigenvalue weighted by molar-refractivity contribution is 5.70. The third kappa shape index (κ3) is 3.07. The molecule has 5 heterocycles. The smallest absolute Gasteiger partial charge is 0.300 e. The summed E-state index contributed by atoms with van der Waals surface area (Å²) < 4.78 is 6.07. The molecule has 0 unspecified atom stereocenters. The lowest BCUT2D eigenvalue weighted by Crippen LogP contribution is -2.38. The molecule has 1 aromatic carbocycles. The average Bonchev–Trinajstić information content (AvgIpc) is 2.87. The Morgan fingerprint density at radius 2 is 1.73 bits per heavy atom. The van der Waals surface area contributed by atoms with Gasteiger partial charge in [0.1, 0.15) is 0 Å². The van der Waals surface area contributed by atoms with E-state index in [-0.39, 0.29) is 0 Å². The molecule has 0 radical (unpaired) electrons. The van der Waals surface area contributed by atoms with Crippen molar-refractivity contribution in [3.63, 3.8) is 0 Å². The highest BCUT2D eigenvalue weighted by Gasteiger charge is 2.31. The Hall–Kier alpha value is -2.40. The molecule has 0 N–H and O–H groups in total. The molecule has 3 aliphatic heterocycles. The van der Waals surface area contributed by atoms with Crippen molar-refractivity contribution >= 4 is 17.2 Å². The highest BCUT2D eigenvalue weighted by atomic mass is 16.4. The number of pyridine rings is 1. The number of aromatic nitrogens is 2. The van der Waals surface area contributed by atoms with Crippen molar-refractivity contribution < 1.29 is 4.42 Å². The molecular formula is C21H24N4O. The van der Waals surface area contributed by atoms with Gasteiger partial charge in [0, 0.05) is 37.9 Å². The number of aryl methyl sites for hydroxylation is 2. The van der Waals surface area contributed by atoms with E-state index < -0.39 is 0 Å². The zero-order chi connectivity index (χ0) is 17.3. The topological polar surface area (TPSA) is 45.4 Å². The Kier molecular flexibility index (Phi) is 4.09. The molecule has 6 rings (SSSR count). The Balaban J connectivity index is 1.36. The molecule has 0 saturated carbocycles. The van der Waals surface area contributed by atoms with Gasteiger partial charge in [0.25, 0.3) is 6.01 Å². The number of anilines is 1. The van der Waals surface area contributed by atoms with E-state index >= 15 is 0 Å². The largest absolute Gasteiger partial charge is 0.422 e. The number of hydrogen-bond donors (Lipinski definition) is 0. The molecular weight excluding hydrogens is 324 g/mol. The fourth-order valence-electron chi connectivity index (χ4n) is 4.16. The standard InChI is InChI=1S/C21H24N4O/c1-2-4-16(5-3-1)6-7-17-8-9-19-20(22-17)23-21(26-19)25-15-14-24-12-10-18(25)11-13-24/h1-5,8-9,18H,6-7,10-15H2. The van der Waals surface area contributed by atoms with Crippen LogP contribution in [0.2, 0.25) is 0 Å². The normalized spacial score (nSPS) is 22.7. The van der Waals surface area contributed by atoms with E-state index in [4.69, 9.17) is 14.4 Å². The summed E-state index contributed by atoms with van der Waals surface area (Å²) in [5, 5.41) is 0. The first-order valence-electron chi connectivity index (χ1n) is 9.64.